The fraction of sp³-hybridized carbons (Fsp3) is 0.0806. The van der Waals surface area contributed by atoms with E-state index in [-0.39, 0.29) is 5.41 Å². The zero-order valence-corrected chi connectivity index (χ0v) is 37.0. The quantitative estimate of drug-likeness (QED) is 0.173. The molecule has 6 nitrogen and oxygen atoms in total. The summed E-state index contributed by atoms with van der Waals surface area (Å²) in [6.07, 6.45) is 4.88. The fourth-order valence-corrected chi connectivity index (χ4v) is 12.2. The molecule has 2 aliphatic carbocycles. The van der Waals surface area contributed by atoms with Crippen molar-refractivity contribution < 1.29 is 4.42 Å². The van der Waals surface area contributed by atoms with E-state index in [2.05, 4.69) is 203 Å². The molecule has 15 rings (SSSR count). The first-order chi connectivity index (χ1) is 33.7. The van der Waals surface area contributed by atoms with E-state index in [1.807, 2.05) is 6.07 Å². The minimum absolute atomic E-state index is 0.0588. The Bertz CT molecular complexity index is 4170. The van der Waals surface area contributed by atoms with Crippen molar-refractivity contribution in [1.29, 1.82) is 0 Å². The molecular formula is C62H41N5O. The summed E-state index contributed by atoms with van der Waals surface area (Å²) in [4.78, 5) is 16.1. The molecule has 1 saturated carbocycles. The van der Waals surface area contributed by atoms with Crippen molar-refractivity contribution in [2.75, 3.05) is 0 Å². The second-order valence-corrected chi connectivity index (χ2v) is 18.7. The number of hydrogen-bond donors (Lipinski definition) is 0. The lowest BCUT2D eigenvalue weighted by molar-refractivity contribution is 0.550. The molecule has 1 fully saturated rings. The zero-order chi connectivity index (χ0) is 44.5. The summed E-state index contributed by atoms with van der Waals surface area (Å²) in [5, 5.41) is 6.94. The van der Waals surface area contributed by atoms with Gasteiger partial charge in [-0.25, -0.2) is 4.98 Å². The van der Waals surface area contributed by atoms with Crippen LogP contribution in [-0.4, -0.2) is 24.1 Å². The van der Waals surface area contributed by atoms with Crippen LogP contribution in [0.2, 0.25) is 0 Å². The molecular weight excluding hydrogens is 831 g/mol. The molecule has 6 heteroatoms. The van der Waals surface area contributed by atoms with Gasteiger partial charge < -0.3 is 8.98 Å². The largest absolute Gasteiger partial charge is 0.456 e. The van der Waals surface area contributed by atoms with Gasteiger partial charge in [0.05, 0.1) is 22.1 Å². The predicted molar refractivity (Wildman–Crippen MR) is 277 cm³/mol. The van der Waals surface area contributed by atoms with Crippen LogP contribution in [0.1, 0.15) is 36.8 Å². The molecule has 0 N–H and O–H groups in total. The normalized spacial score (nSPS) is 14.1. The molecule has 0 unspecified atom stereocenters. The lowest BCUT2D eigenvalue weighted by atomic mass is 9.76. The average molecular weight is 872 g/mol. The zero-order valence-electron chi connectivity index (χ0n) is 37.0. The number of rotatable bonds is 5. The Hall–Kier alpha value is -8.61. The molecule has 13 aromatic rings. The van der Waals surface area contributed by atoms with Crippen LogP contribution in [-0.2, 0) is 5.41 Å². The standard InChI is InChI=1S/C62H41N5O/c1-2-16-38(17-3-1)42-24-15-29-56-58(42)47-31-30-40(35-57(47)68-56)60-63-59(64-61(65-60)67-53-27-10-5-21-44(53)45-22-6-11-28-54(45)67)39-18-14-19-41(34-39)66-52-26-9-7-23-46(52)49-36-48-43-20-4-8-25-50(43)62(32-12-13-33-62)51(48)37-55(49)66/h1-11,14-31,34-37H,12-13,32-33H2. The third-order valence-corrected chi connectivity index (χ3v) is 15.1. The molecule has 320 valence electrons. The van der Waals surface area contributed by atoms with Gasteiger partial charge in [0, 0.05) is 54.5 Å². The Morgan fingerprint density at radius 2 is 1.00 bits per heavy atom. The number of furan rings is 1. The highest BCUT2D eigenvalue weighted by Gasteiger charge is 2.45. The second-order valence-electron chi connectivity index (χ2n) is 18.7. The van der Waals surface area contributed by atoms with Crippen LogP contribution < -0.4 is 0 Å². The number of hydrogen-bond acceptors (Lipinski definition) is 4. The van der Waals surface area contributed by atoms with Gasteiger partial charge in [0.2, 0.25) is 5.95 Å². The molecule has 0 aliphatic heterocycles. The van der Waals surface area contributed by atoms with Crippen LogP contribution in [0.15, 0.2) is 205 Å². The molecule has 0 saturated heterocycles. The van der Waals surface area contributed by atoms with Gasteiger partial charge in [-0.15, -0.1) is 0 Å². The molecule has 2 aliphatic rings. The van der Waals surface area contributed by atoms with Crippen LogP contribution in [0.5, 0.6) is 0 Å². The van der Waals surface area contributed by atoms with Crippen molar-refractivity contribution in [3.8, 4) is 56.7 Å². The van der Waals surface area contributed by atoms with Crippen molar-refractivity contribution in [3.05, 3.63) is 211 Å². The van der Waals surface area contributed by atoms with Crippen molar-refractivity contribution in [1.82, 2.24) is 24.1 Å². The molecule has 0 amide bonds. The molecule has 68 heavy (non-hydrogen) atoms. The Balaban J connectivity index is 0.942. The van der Waals surface area contributed by atoms with Crippen molar-refractivity contribution in [2.45, 2.75) is 31.1 Å². The number of para-hydroxylation sites is 3. The highest BCUT2D eigenvalue weighted by molar-refractivity contribution is 6.14. The van der Waals surface area contributed by atoms with E-state index in [0.29, 0.717) is 17.6 Å². The summed E-state index contributed by atoms with van der Waals surface area (Å²) >= 11 is 0. The summed E-state index contributed by atoms with van der Waals surface area (Å²) in [5.41, 5.74) is 17.0. The highest BCUT2D eigenvalue weighted by Crippen LogP contribution is 2.58. The van der Waals surface area contributed by atoms with Gasteiger partial charge in [-0.05, 0) is 107 Å². The summed E-state index contributed by atoms with van der Waals surface area (Å²) in [6.45, 7) is 0. The molecule has 1 spiro atoms. The lowest BCUT2D eigenvalue weighted by Crippen LogP contribution is -2.20. The first-order valence-corrected chi connectivity index (χ1v) is 23.7. The summed E-state index contributed by atoms with van der Waals surface area (Å²) in [5.74, 6) is 1.71. The molecule has 0 radical (unpaired) electrons. The van der Waals surface area contributed by atoms with Crippen LogP contribution in [0.3, 0.4) is 0 Å². The monoisotopic (exact) mass is 871 g/mol. The third kappa shape index (κ3) is 5.31. The number of benzene rings is 9. The van der Waals surface area contributed by atoms with Gasteiger partial charge in [0.15, 0.2) is 11.6 Å². The Morgan fingerprint density at radius 1 is 0.382 bits per heavy atom. The Labute approximate surface area is 391 Å². The smallest absolute Gasteiger partial charge is 0.238 e. The maximum Gasteiger partial charge on any atom is 0.238 e. The highest BCUT2D eigenvalue weighted by atomic mass is 16.3. The van der Waals surface area contributed by atoms with Gasteiger partial charge in [-0.1, -0.05) is 152 Å². The molecule has 4 aromatic heterocycles. The van der Waals surface area contributed by atoms with Crippen molar-refractivity contribution in [2.24, 2.45) is 0 Å². The van der Waals surface area contributed by atoms with E-state index in [0.717, 1.165) is 71.7 Å². The van der Waals surface area contributed by atoms with E-state index in [1.54, 1.807) is 0 Å². The van der Waals surface area contributed by atoms with Gasteiger partial charge in [0.1, 0.15) is 11.2 Å². The van der Waals surface area contributed by atoms with Crippen LogP contribution in [0.4, 0.5) is 0 Å². The van der Waals surface area contributed by atoms with E-state index in [9.17, 15) is 0 Å². The van der Waals surface area contributed by atoms with Crippen LogP contribution in [0, 0.1) is 0 Å². The SMILES string of the molecule is c1ccc(-c2cccc3oc4cc(-c5nc(-c6cccc(-n7c8ccccc8c8cc9c(cc87)C7(CCCC7)c7ccccc7-9)c6)nc(-n6c7ccccc7c7ccccc76)n5)ccc4c23)cc1. The molecule has 4 heterocycles. The lowest BCUT2D eigenvalue weighted by Gasteiger charge is -2.26. The van der Waals surface area contributed by atoms with Crippen molar-refractivity contribution >= 4 is 65.6 Å². The van der Waals surface area contributed by atoms with Crippen molar-refractivity contribution in [3.63, 3.8) is 0 Å². The minimum Gasteiger partial charge on any atom is -0.456 e. The third-order valence-electron chi connectivity index (χ3n) is 15.1. The summed E-state index contributed by atoms with van der Waals surface area (Å²) in [7, 11) is 0. The number of aromatic nitrogens is 5. The fourth-order valence-electron chi connectivity index (χ4n) is 12.2. The maximum atomic E-state index is 6.63. The van der Waals surface area contributed by atoms with Gasteiger partial charge >= 0.3 is 0 Å². The first kappa shape index (κ1) is 37.6. The van der Waals surface area contributed by atoms with Gasteiger partial charge in [-0.2, -0.15) is 9.97 Å². The van der Waals surface area contributed by atoms with E-state index < -0.39 is 0 Å². The number of nitrogens with zero attached hydrogens (tertiary/aromatic N) is 5. The topological polar surface area (TPSA) is 61.7 Å². The van der Waals surface area contributed by atoms with Gasteiger partial charge in [0.25, 0.3) is 0 Å². The van der Waals surface area contributed by atoms with Gasteiger partial charge in [-0.3, -0.25) is 4.57 Å². The van der Waals surface area contributed by atoms with E-state index in [1.165, 1.54) is 69.7 Å². The summed E-state index contributed by atoms with van der Waals surface area (Å²) < 4.78 is 11.3. The van der Waals surface area contributed by atoms with Crippen LogP contribution >= 0.6 is 0 Å². The predicted octanol–water partition coefficient (Wildman–Crippen LogP) is 15.8. The maximum absolute atomic E-state index is 6.63. The molecule has 9 aromatic carbocycles. The molecule has 0 atom stereocenters. The number of fused-ring (bicyclic) bond motifs is 14. The van der Waals surface area contributed by atoms with E-state index >= 15 is 0 Å². The minimum atomic E-state index is 0.0588. The second kappa shape index (κ2) is 14.2. The summed E-state index contributed by atoms with van der Waals surface area (Å²) in [6, 6.07) is 71.9. The van der Waals surface area contributed by atoms with E-state index in [4.69, 9.17) is 19.4 Å². The molecule has 0 bridgehead atoms. The van der Waals surface area contributed by atoms with Crippen LogP contribution in [0.25, 0.3) is 122 Å². The average Bonchev–Trinajstić information content (AvgIpc) is 4.23. The Kier molecular flexibility index (Phi) is 7.85. The Morgan fingerprint density at radius 3 is 1.76 bits per heavy atom. The first-order valence-electron chi connectivity index (χ1n) is 23.7.